The second-order valence-electron chi connectivity index (χ2n) is 9.74. The molecule has 0 saturated carbocycles. The number of halogens is 1. The van der Waals surface area contributed by atoms with Gasteiger partial charge in [-0.25, -0.2) is 12.8 Å². The average Bonchev–Trinajstić information content (AvgIpc) is 3.13. The van der Waals surface area contributed by atoms with E-state index in [9.17, 15) is 13.2 Å². The summed E-state index contributed by atoms with van der Waals surface area (Å²) >= 11 is 0. The topological polar surface area (TPSA) is 70.2 Å². The van der Waals surface area contributed by atoms with Crippen molar-refractivity contribution in [1.82, 2.24) is 9.21 Å². The monoisotopic (exact) mass is 517 g/mol. The molecule has 1 amide bonds. The van der Waals surface area contributed by atoms with Gasteiger partial charge >= 0.3 is 0 Å². The highest BCUT2D eigenvalue weighted by Crippen LogP contribution is 2.38. The van der Waals surface area contributed by atoms with E-state index >= 15 is 4.39 Å². The molecule has 2 aromatic carbocycles. The molecule has 196 valence electrons. The molecular formula is C27H36FN3O4S. The van der Waals surface area contributed by atoms with Crippen LogP contribution >= 0.6 is 0 Å². The smallest absolute Gasteiger partial charge is 0.251 e. The number of anilines is 1. The van der Waals surface area contributed by atoms with Crippen LogP contribution in [0.1, 0.15) is 49.5 Å². The first kappa shape index (κ1) is 26.6. The lowest BCUT2D eigenvalue weighted by Crippen LogP contribution is -2.44. The van der Waals surface area contributed by atoms with E-state index < -0.39 is 27.2 Å². The highest BCUT2D eigenvalue weighted by Gasteiger charge is 2.40. The van der Waals surface area contributed by atoms with Crippen molar-refractivity contribution in [2.45, 2.75) is 57.1 Å². The van der Waals surface area contributed by atoms with Gasteiger partial charge in [0.15, 0.2) is 0 Å². The number of hydrogen-bond donors (Lipinski definition) is 0. The summed E-state index contributed by atoms with van der Waals surface area (Å²) in [6.45, 7) is 6.12. The number of ether oxygens (including phenoxy) is 1. The second-order valence-corrected chi connectivity index (χ2v) is 11.8. The number of benzene rings is 2. The third-order valence-corrected chi connectivity index (χ3v) is 9.80. The maximum Gasteiger partial charge on any atom is 0.251 e. The molecule has 1 unspecified atom stereocenters. The largest absolute Gasteiger partial charge is 0.372 e. The predicted molar refractivity (Wildman–Crippen MR) is 139 cm³/mol. The van der Waals surface area contributed by atoms with Crippen molar-refractivity contribution in [3.8, 4) is 0 Å². The van der Waals surface area contributed by atoms with Crippen LogP contribution in [-0.2, 0) is 26.1 Å². The van der Waals surface area contributed by atoms with Gasteiger partial charge in [-0.05, 0) is 50.8 Å². The van der Waals surface area contributed by atoms with Gasteiger partial charge in [0.1, 0.15) is 17.2 Å². The molecular weight excluding hydrogens is 481 g/mol. The number of sulfonamides is 1. The molecule has 0 spiro atoms. The van der Waals surface area contributed by atoms with Gasteiger partial charge < -0.3 is 14.5 Å². The minimum Gasteiger partial charge on any atom is -0.372 e. The van der Waals surface area contributed by atoms with Crippen LogP contribution in [0.4, 0.5) is 10.1 Å². The summed E-state index contributed by atoms with van der Waals surface area (Å²) in [6.07, 6.45) is 1.57. The van der Waals surface area contributed by atoms with E-state index in [1.54, 1.807) is 17.9 Å². The Bertz CT molecular complexity index is 1160. The molecule has 7 nitrogen and oxygen atoms in total. The van der Waals surface area contributed by atoms with Gasteiger partial charge in [0, 0.05) is 57.1 Å². The first-order chi connectivity index (χ1) is 17.2. The van der Waals surface area contributed by atoms with Gasteiger partial charge in [-0.15, -0.1) is 0 Å². The predicted octanol–water partition coefficient (Wildman–Crippen LogP) is 3.95. The number of methoxy groups -OCH3 is 1. The van der Waals surface area contributed by atoms with Crippen molar-refractivity contribution in [3.63, 3.8) is 0 Å². The third kappa shape index (κ3) is 5.58. The highest BCUT2D eigenvalue weighted by molar-refractivity contribution is 7.89. The van der Waals surface area contributed by atoms with Crippen molar-refractivity contribution in [2.75, 3.05) is 38.2 Å². The molecule has 2 aliphatic rings. The molecule has 0 aromatic heterocycles. The van der Waals surface area contributed by atoms with E-state index in [2.05, 4.69) is 4.90 Å². The van der Waals surface area contributed by atoms with Gasteiger partial charge in [0.2, 0.25) is 10.0 Å². The average molecular weight is 518 g/mol. The fourth-order valence-electron chi connectivity index (χ4n) is 5.13. The van der Waals surface area contributed by atoms with Crippen molar-refractivity contribution in [2.24, 2.45) is 0 Å². The van der Waals surface area contributed by atoms with E-state index in [1.165, 1.54) is 17.5 Å². The lowest BCUT2D eigenvalue weighted by Gasteiger charge is -2.37. The minimum absolute atomic E-state index is 0.0101. The molecule has 3 atom stereocenters. The molecule has 2 saturated heterocycles. The summed E-state index contributed by atoms with van der Waals surface area (Å²) < 4.78 is 48.9. The molecule has 36 heavy (non-hydrogen) atoms. The van der Waals surface area contributed by atoms with Crippen LogP contribution in [0.5, 0.6) is 0 Å². The Morgan fingerprint density at radius 1 is 1.08 bits per heavy atom. The molecule has 2 aromatic rings. The Kier molecular flexibility index (Phi) is 8.32. The standard InChI is InChI=1S/C27H36FN3O4S/c1-20-10-13-26(22-8-5-4-6-9-22)36(33,34)31(20)19-23-11-12-24(18-25(23)28)29-14-7-15-30(17-16-29)27(32)21(2)35-3/h4-6,8-9,11-12,18,20-21,26H,7,10,13-17,19H2,1-3H3/t20-,21-,26?/m0/s1. The molecule has 0 bridgehead atoms. The number of carbonyl (C=O) groups is 1. The summed E-state index contributed by atoms with van der Waals surface area (Å²) in [5, 5.41) is -0.610. The van der Waals surface area contributed by atoms with Gasteiger partial charge in [-0.1, -0.05) is 36.4 Å². The fourth-order valence-corrected chi connectivity index (χ4v) is 7.32. The Hall–Kier alpha value is -2.49. The van der Waals surface area contributed by atoms with E-state index in [0.29, 0.717) is 38.2 Å². The number of nitrogens with zero attached hydrogens (tertiary/aromatic N) is 3. The van der Waals surface area contributed by atoms with E-state index in [-0.39, 0.29) is 18.5 Å². The zero-order valence-corrected chi connectivity index (χ0v) is 22.1. The first-order valence-corrected chi connectivity index (χ1v) is 14.1. The Morgan fingerprint density at radius 3 is 2.53 bits per heavy atom. The Labute approximate surface area is 213 Å². The molecule has 9 heteroatoms. The Balaban J connectivity index is 1.48. The molecule has 2 heterocycles. The zero-order valence-electron chi connectivity index (χ0n) is 21.3. The number of hydrogen-bond acceptors (Lipinski definition) is 5. The van der Waals surface area contributed by atoms with Crippen LogP contribution in [-0.4, -0.2) is 69.0 Å². The van der Waals surface area contributed by atoms with Crippen LogP contribution in [0.2, 0.25) is 0 Å². The molecule has 4 rings (SSSR count). The summed E-state index contributed by atoms with van der Waals surface area (Å²) in [4.78, 5) is 16.3. The molecule has 2 fully saturated rings. The van der Waals surface area contributed by atoms with E-state index in [1.807, 2.05) is 43.3 Å². The summed E-state index contributed by atoms with van der Waals surface area (Å²) in [5.74, 6) is -0.450. The fraction of sp³-hybridized carbons (Fsp3) is 0.519. The van der Waals surface area contributed by atoms with Crippen molar-refractivity contribution < 1.29 is 22.3 Å². The maximum absolute atomic E-state index is 15.3. The minimum atomic E-state index is -3.63. The lowest BCUT2D eigenvalue weighted by molar-refractivity contribution is -0.140. The van der Waals surface area contributed by atoms with Crippen molar-refractivity contribution in [1.29, 1.82) is 0 Å². The lowest BCUT2D eigenvalue weighted by atomic mass is 10.0. The summed E-state index contributed by atoms with van der Waals surface area (Å²) in [7, 11) is -2.11. The molecule has 0 N–H and O–H groups in total. The van der Waals surface area contributed by atoms with Crippen LogP contribution in [0.3, 0.4) is 0 Å². The molecule has 2 aliphatic heterocycles. The van der Waals surface area contributed by atoms with E-state index in [4.69, 9.17) is 4.74 Å². The van der Waals surface area contributed by atoms with Crippen LogP contribution < -0.4 is 4.90 Å². The number of amides is 1. The third-order valence-electron chi connectivity index (χ3n) is 7.43. The SMILES string of the molecule is CO[C@@H](C)C(=O)N1CCCN(c2ccc(CN3[C@@H](C)CCC(c4ccccc4)S3(=O)=O)c(F)c2)CC1. The summed E-state index contributed by atoms with van der Waals surface area (Å²) in [6, 6.07) is 14.1. The van der Waals surface area contributed by atoms with Crippen molar-refractivity contribution >= 4 is 21.6 Å². The molecule has 0 aliphatic carbocycles. The second kappa shape index (κ2) is 11.3. The van der Waals surface area contributed by atoms with Gasteiger partial charge in [-0.3, -0.25) is 4.79 Å². The Morgan fingerprint density at radius 2 is 1.83 bits per heavy atom. The highest BCUT2D eigenvalue weighted by atomic mass is 32.2. The van der Waals surface area contributed by atoms with Crippen LogP contribution in [0.25, 0.3) is 0 Å². The van der Waals surface area contributed by atoms with Gasteiger partial charge in [0.25, 0.3) is 5.91 Å². The van der Waals surface area contributed by atoms with Gasteiger partial charge in [0.05, 0.1) is 0 Å². The number of carbonyl (C=O) groups excluding carboxylic acids is 1. The number of rotatable bonds is 6. The van der Waals surface area contributed by atoms with E-state index in [0.717, 1.165) is 24.1 Å². The van der Waals surface area contributed by atoms with Crippen LogP contribution in [0.15, 0.2) is 48.5 Å². The van der Waals surface area contributed by atoms with Gasteiger partial charge in [-0.2, -0.15) is 4.31 Å². The first-order valence-electron chi connectivity index (χ1n) is 12.6. The van der Waals surface area contributed by atoms with Crippen LogP contribution in [0, 0.1) is 5.82 Å². The normalized spacial score (nSPS) is 23.8. The maximum atomic E-state index is 15.3. The summed E-state index contributed by atoms with van der Waals surface area (Å²) in [5.41, 5.74) is 1.88. The zero-order chi connectivity index (χ0) is 25.9. The quantitative estimate of drug-likeness (QED) is 0.580. The molecule has 0 radical (unpaired) electrons. The van der Waals surface area contributed by atoms with Crippen molar-refractivity contribution in [3.05, 3.63) is 65.5 Å².